The smallest absolute Gasteiger partial charge is 0.227 e. The van der Waals surface area contributed by atoms with Crippen LogP contribution in [-0.4, -0.2) is 46.4 Å². The molecule has 26 heavy (non-hydrogen) atoms. The molecule has 1 N–H and O–H groups in total. The highest BCUT2D eigenvalue weighted by Crippen LogP contribution is 2.23. The summed E-state index contributed by atoms with van der Waals surface area (Å²) in [6, 6.07) is 0. The van der Waals surface area contributed by atoms with Crippen molar-refractivity contribution in [1.82, 2.24) is 24.6 Å². The van der Waals surface area contributed by atoms with Gasteiger partial charge in [-0.3, -0.25) is 10.00 Å². The van der Waals surface area contributed by atoms with Gasteiger partial charge in [-0.25, -0.2) is 13.4 Å². The molecule has 2 aromatic rings. The fourth-order valence-electron chi connectivity index (χ4n) is 3.64. The molecule has 1 aliphatic carbocycles. The predicted octanol–water partition coefficient (Wildman–Crippen LogP) is 2.18. The summed E-state index contributed by atoms with van der Waals surface area (Å²) in [5, 5.41) is 7.85. The summed E-state index contributed by atoms with van der Waals surface area (Å²) in [6.07, 6.45) is 7.55. The number of sulfone groups is 1. The van der Waals surface area contributed by atoms with E-state index < -0.39 is 9.84 Å². The highest BCUT2D eigenvalue weighted by molar-refractivity contribution is 7.90. The zero-order chi connectivity index (χ0) is 18.9. The average molecular weight is 380 g/mol. The number of nitrogens with one attached hydrogen (secondary N) is 1. The molecule has 3 rings (SSSR count). The van der Waals surface area contributed by atoms with E-state index in [1.807, 2.05) is 11.6 Å². The number of aryl methyl sites for hydroxylation is 1. The summed E-state index contributed by atoms with van der Waals surface area (Å²) < 4.78 is 25.9. The highest BCUT2D eigenvalue weighted by atomic mass is 32.2. The summed E-state index contributed by atoms with van der Waals surface area (Å²) in [6.45, 7) is 6.18. The number of H-pyrrole nitrogens is 1. The summed E-state index contributed by atoms with van der Waals surface area (Å²) in [5.41, 5.74) is 4.69. The molecule has 0 radical (unpaired) electrons. The van der Waals surface area contributed by atoms with E-state index in [9.17, 15) is 8.42 Å². The van der Waals surface area contributed by atoms with E-state index in [-0.39, 0.29) is 5.16 Å². The maximum Gasteiger partial charge on any atom is 0.227 e. The topological polar surface area (TPSA) is 83.9 Å². The molecule has 0 aliphatic heterocycles. The highest BCUT2D eigenvalue weighted by Gasteiger charge is 2.22. The van der Waals surface area contributed by atoms with Gasteiger partial charge in [0.05, 0.1) is 17.6 Å². The number of aromatic nitrogens is 4. The van der Waals surface area contributed by atoms with Crippen LogP contribution in [-0.2, 0) is 42.3 Å². The van der Waals surface area contributed by atoms with Crippen molar-refractivity contribution < 1.29 is 8.42 Å². The molecule has 0 saturated heterocycles. The lowest BCUT2D eigenvalue weighted by Gasteiger charge is -2.20. The van der Waals surface area contributed by atoms with Crippen LogP contribution in [0.4, 0.5) is 0 Å². The zero-order valence-electron chi connectivity index (χ0n) is 16.1. The van der Waals surface area contributed by atoms with Crippen LogP contribution in [0, 0.1) is 5.92 Å². The van der Waals surface area contributed by atoms with E-state index >= 15 is 0 Å². The Bertz CT molecular complexity index is 866. The summed E-state index contributed by atoms with van der Waals surface area (Å²) >= 11 is 0. The van der Waals surface area contributed by atoms with E-state index in [1.165, 1.54) is 30.4 Å². The van der Waals surface area contributed by atoms with E-state index in [0.717, 1.165) is 30.8 Å². The van der Waals surface area contributed by atoms with E-state index in [4.69, 9.17) is 0 Å². The molecule has 0 atom stereocenters. The van der Waals surface area contributed by atoms with E-state index in [1.54, 1.807) is 6.20 Å². The predicted molar refractivity (Wildman–Crippen MR) is 101 cm³/mol. The van der Waals surface area contributed by atoms with Crippen molar-refractivity contribution in [2.24, 2.45) is 5.92 Å². The van der Waals surface area contributed by atoms with Crippen LogP contribution in [0.1, 0.15) is 49.3 Å². The largest absolute Gasteiger partial charge is 0.317 e. The van der Waals surface area contributed by atoms with Crippen molar-refractivity contribution in [3.8, 4) is 0 Å². The monoisotopic (exact) mass is 379 g/mol. The number of imidazole rings is 1. The Balaban J connectivity index is 1.78. The molecule has 0 fully saturated rings. The van der Waals surface area contributed by atoms with Crippen molar-refractivity contribution in [1.29, 1.82) is 0 Å². The van der Waals surface area contributed by atoms with Gasteiger partial charge in [-0.2, -0.15) is 5.10 Å². The Morgan fingerprint density at radius 2 is 2.00 bits per heavy atom. The Morgan fingerprint density at radius 3 is 2.69 bits per heavy atom. The van der Waals surface area contributed by atoms with Crippen LogP contribution in [0.25, 0.3) is 0 Å². The molecule has 0 amide bonds. The van der Waals surface area contributed by atoms with Gasteiger partial charge in [-0.15, -0.1) is 0 Å². The molecular weight excluding hydrogens is 350 g/mol. The molecule has 7 nitrogen and oxygen atoms in total. The van der Waals surface area contributed by atoms with Gasteiger partial charge in [0.15, 0.2) is 0 Å². The molecule has 144 valence electrons. The summed E-state index contributed by atoms with van der Waals surface area (Å²) in [7, 11) is -1.30. The Labute approximate surface area is 155 Å². The third kappa shape index (κ3) is 4.17. The fourth-order valence-corrected chi connectivity index (χ4v) is 4.48. The number of rotatable bonds is 7. The first kappa shape index (κ1) is 19.1. The third-order valence-corrected chi connectivity index (χ3v) is 5.76. The summed E-state index contributed by atoms with van der Waals surface area (Å²) in [5.74, 6) is 0.340. The second-order valence-corrected chi connectivity index (χ2v) is 9.73. The van der Waals surface area contributed by atoms with Crippen molar-refractivity contribution in [3.63, 3.8) is 0 Å². The quantitative estimate of drug-likeness (QED) is 0.797. The van der Waals surface area contributed by atoms with Crippen molar-refractivity contribution in [3.05, 3.63) is 28.8 Å². The maximum absolute atomic E-state index is 12.0. The Kier molecular flexibility index (Phi) is 5.53. The van der Waals surface area contributed by atoms with E-state index in [2.05, 4.69) is 33.9 Å². The number of nitrogens with zero attached hydrogens (tertiary/aromatic N) is 4. The molecule has 0 spiro atoms. The standard InChI is InChI=1S/C18H29N5O2S/c1-13(2)10-23-14(9-19-18(23)26(4,24)25)11-22(3)12-17-15-7-5-6-8-16(15)20-21-17/h9,13H,5-8,10-12H2,1-4H3,(H,20,21). The van der Waals surface area contributed by atoms with Crippen LogP contribution >= 0.6 is 0 Å². The first-order chi connectivity index (χ1) is 12.3. The number of hydrogen-bond donors (Lipinski definition) is 1. The molecule has 0 aromatic carbocycles. The Hall–Kier alpha value is -1.67. The molecule has 1 aliphatic rings. The van der Waals surface area contributed by atoms with Crippen LogP contribution in [0.3, 0.4) is 0 Å². The van der Waals surface area contributed by atoms with Gasteiger partial charge >= 0.3 is 0 Å². The second-order valence-electron chi connectivity index (χ2n) is 7.82. The molecule has 8 heteroatoms. The Morgan fingerprint density at radius 1 is 1.27 bits per heavy atom. The van der Waals surface area contributed by atoms with Gasteiger partial charge in [-0.1, -0.05) is 13.8 Å². The second kappa shape index (κ2) is 7.52. The van der Waals surface area contributed by atoms with Crippen LogP contribution < -0.4 is 0 Å². The first-order valence-corrected chi connectivity index (χ1v) is 11.1. The normalized spacial score (nSPS) is 15.0. The zero-order valence-corrected chi connectivity index (χ0v) is 16.9. The molecule has 2 heterocycles. The first-order valence-electron chi connectivity index (χ1n) is 9.23. The van der Waals surface area contributed by atoms with Crippen LogP contribution in [0.5, 0.6) is 0 Å². The minimum absolute atomic E-state index is 0.159. The van der Waals surface area contributed by atoms with Crippen LogP contribution in [0.2, 0.25) is 0 Å². The molecule has 0 saturated carbocycles. The van der Waals surface area contributed by atoms with Gasteiger partial charge in [0.25, 0.3) is 0 Å². The molecule has 2 aromatic heterocycles. The van der Waals surface area contributed by atoms with Crippen molar-refractivity contribution in [2.45, 2.75) is 64.3 Å². The van der Waals surface area contributed by atoms with Gasteiger partial charge in [0, 0.05) is 31.6 Å². The fraction of sp³-hybridized carbons (Fsp3) is 0.667. The van der Waals surface area contributed by atoms with Gasteiger partial charge in [-0.05, 0) is 44.2 Å². The number of aromatic amines is 1. The molecular formula is C18H29N5O2S. The maximum atomic E-state index is 12.0. The third-order valence-electron chi connectivity index (χ3n) is 4.77. The SMILES string of the molecule is CC(C)Cn1c(CN(C)Cc2n[nH]c3c2CCCC3)cnc1S(C)(=O)=O. The van der Waals surface area contributed by atoms with Crippen molar-refractivity contribution in [2.75, 3.05) is 13.3 Å². The van der Waals surface area contributed by atoms with Gasteiger partial charge < -0.3 is 4.57 Å². The lowest BCUT2D eigenvalue weighted by Crippen LogP contribution is -2.22. The number of hydrogen-bond acceptors (Lipinski definition) is 5. The molecule has 0 bridgehead atoms. The van der Waals surface area contributed by atoms with Gasteiger partial charge in [0.1, 0.15) is 0 Å². The summed E-state index contributed by atoms with van der Waals surface area (Å²) in [4.78, 5) is 6.36. The van der Waals surface area contributed by atoms with Crippen molar-refractivity contribution >= 4 is 9.84 Å². The average Bonchev–Trinajstić information content (AvgIpc) is 3.12. The lowest BCUT2D eigenvalue weighted by molar-refractivity contribution is 0.299. The van der Waals surface area contributed by atoms with E-state index in [0.29, 0.717) is 19.0 Å². The van der Waals surface area contributed by atoms with Crippen LogP contribution in [0.15, 0.2) is 11.4 Å². The minimum Gasteiger partial charge on any atom is -0.317 e. The lowest BCUT2D eigenvalue weighted by atomic mass is 9.96. The molecule has 0 unspecified atom stereocenters. The number of fused-ring (bicyclic) bond motifs is 1. The minimum atomic E-state index is -3.34. The van der Waals surface area contributed by atoms with Gasteiger partial charge in [0.2, 0.25) is 15.0 Å².